The molecule has 1 amide bonds. The molecule has 0 aliphatic heterocycles. The minimum Gasteiger partial charge on any atom is -0.322 e. The van der Waals surface area contributed by atoms with Crippen LogP contribution in [-0.4, -0.2) is 41.7 Å². The van der Waals surface area contributed by atoms with Crippen LogP contribution in [0.1, 0.15) is 24.2 Å². The van der Waals surface area contributed by atoms with Gasteiger partial charge >= 0.3 is 5.69 Å². The number of halogens is 1. The van der Waals surface area contributed by atoms with Gasteiger partial charge in [-0.05, 0) is 50.2 Å². The standard InChI is InChI=1S/C18H19ClN4O4S/c1-10(2)23(3)28(26,27)12-5-6-14(19)13(9-12)17(24)20-11-4-7-15-16(8-11)22-18(25)21-15/h4-10H,1-3H3,(H,20,24)(H2,21,22,25). The van der Waals surface area contributed by atoms with Crippen molar-refractivity contribution in [1.82, 2.24) is 14.3 Å². The first-order chi connectivity index (χ1) is 13.1. The highest BCUT2D eigenvalue weighted by Crippen LogP contribution is 2.25. The monoisotopic (exact) mass is 422 g/mol. The van der Waals surface area contributed by atoms with Crippen molar-refractivity contribution in [1.29, 1.82) is 0 Å². The van der Waals surface area contributed by atoms with Crippen LogP contribution in [0.25, 0.3) is 11.0 Å². The fourth-order valence-electron chi connectivity index (χ4n) is 2.59. The van der Waals surface area contributed by atoms with Gasteiger partial charge in [0.15, 0.2) is 0 Å². The topological polar surface area (TPSA) is 115 Å². The van der Waals surface area contributed by atoms with Gasteiger partial charge in [0.25, 0.3) is 5.91 Å². The van der Waals surface area contributed by atoms with E-state index in [-0.39, 0.29) is 27.2 Å². The highest BCUT2D eigenvalue weighted by molar-refractivity contribution is 7.89. The lowest BCUT2D eigenvalue weighted by atomic mass is 10.2. The number of carbonyl (C=O) groups excluding carboxylic acids is 1. The Morgan fingerprint density at radius 1 is 1.11 bits per heavy atom. The molecule has 10 heteroatoms. The molecule has 0 aliphatic carbocycles. The van der Waals surface area contributed by atoms with Gasteiger partial charge in [0.2, 0.25) is 10.0 Å². The van der Waals surface area contributed by atoms with Crippen LogP contribution in [0.3, 0.4) is 0 Å². The lowest BCUT2D eigenvalue weighted by Crippen LogP contribution is -2.33. The quantitative estimate of drug-likeness (QED) is 0.586. The molecule has 0 bridgehead atoms. The first-order valence-electron chi connectivity index (χ1n) is 8.40. The molecule has 3 rings (SSSR count). The molecule has 0 saturated carbocycles. The highest BCUT2D eigenvalue weighted by Gasteiger charge is 2.25. The SMILES string of the molecule is CC(C)N(C)S(=O)(=O)c1ccc(Cl)c(C(=O)Nc2ccc3[nH]c(=O)[nH]c3c2)c1. The maximum Gasteiger partial charge on any atom is 0.323 e. The van der Waals surface area contributed by atoms with E-state index in [1.165, 1.54) is 29.6 Å². The minimum absolute atomic E-state index is 0.0244. The van der Waals surface area contributed by atoms with E-state index in [1.54, 1.807) is 32.0 Å². The lowest BCUT2D eigenvalue weighted by Gasteiger charge is -2.21. The molecule has 1 heterocycles. The van der Waals surface area contributed by atoms with Crippen LogP contribution in [0.15, 0.2) is 46.1 Å². The van der Waals surface area contributed by atoms with Gasteiger partial charge in [-0.3, -0.25) is 4.79 Å². The number of hydrogen-bond donors (Lipinski definition) is 3. The van der Waals surface area contributed by atoms with Crippen molar-refractivity contribution in [3.05, 3.63) is 57.5 Å². The van der Waals surface area contributed by atoms with Gasteiger partial charge in [-0.15, -0.1) is 0 Å². The third-order valence-electron chi connectivity index (χ3n) is 4.36. The van der Waals surface area contributed by atoms with Crippen LogP contribution in [0.2, 0.25) is 5.02 Å². The van der Waals surface area contributed by atoms with Gasteiger partial charge in [-0.2, -0.15) is 4.31 Å². The number of H-pyrrole nitrogens is 2. The number of fused-ring (bicyclic) bond motifs is 1. The van der Waals surface area contributed by atoms with E-state index < -0.39 is 15.9 Å². The van der Waals surface area contributed by atoms with Crippen molar-refractivity contribution >= 4 is 44.3 Å². The number of aromatic amines is 2. The number of benzene rings is 2. The van der Waals surface area contributed by atoms with Crippen LogP contribution in [0.4, 0.5) is 5.69 Å². The van der Waals surface area contributed by atoms with Gasteiger partial charge in [-0.25, -0.2) is 13.2 Å². The van der Waals surface area contributed by atoms with Gasteiger partial charge in [0.05, 0.1) is 26.5 Å². The molecule has 3 N–H and O–H groups in total. The number of nitrogens with one attached hydrogen (secondary N) is 3. The molecule has 1 aromatic heterocycles. The first-order valence-corrected chi connectivity index (χ1v) is 10.2. The van der Waals surface area contributed by atoms with E-state index in [4.69, 9.17) is 11.6 Å². The van der Waals surface area contributed by atoms with E-state index in [2.05, 4.69) is 15.3 Å². The molecule has 3 aromatic rings. The van der Waals surface area contributed by atoms with Crippen LogP contribution in [-0.2, 0) is 10.0 Å². The van der Waals surface area contributed by atoms with Gasteiger partial charge in [0.1, 0.15) is 0 Å². The zero-order valence-electron chi connectivity index (χ0n) is 15.4. The summed E-state index contributed by atoms with van der Waals surface area (Å²) in [5.41, 5.74) is 1.24. The Bertz CT molecular complexity index is 1210. The maximum atomic E-state index is 12.7. The zero-order valence-corrected chi connectivity index (χ0v) is 17.0. The Morgan fingerprint density at radius 3 is 2.46 bits per heavy atom. The number of aromatic nitrogens is 2. The molecule has 0 saturated heterocycles. The summed E-state index contributed by atoms with van der Waals surface area (Å²) in [6, 6.07) is 8.60. The summed E-state index contributed by atoms with van der Waals surface area (Å²) in [5, 5.41) is 2.79. The molecule has 0 aliphatic rings. The molecule has 0 radical (unpaired) electrons. The molecule has 0 fully saturated rings. The molecular weight excluding hydrogens is 404 g/mol. The fourth-order valence-corrected chi connectivity index (χ4v) is 4.19. The van der Waals surface area contributed by atoms with Crippen molar-refractivity contribution in [3.8, 4) is 0 Å². The maximum absolute atomic E-state index is 12.7. The molecule has 0 spiro atoms. The summed E-state index contributed by atoms with van der Waals surface area (Å²) >= 11 is 6.13. The average molecular weight is 423 g/mol. The van der Waals surface area contributed by atoms with E-state index in [0.717, 1.165) is 0 Å². The Hall–Kier alpha value is -2.62. The summed E-state index contributed by atoms with van der Waals surface area (Å²) in [5.74, 6) is -0.563. The largest absolute Gasteiger partial charge is 0.323 e. The third-order valence-corrected chi connectivity index (χ3v) is 6.72. The van der Waals surface area contributed by atoms with Crippen LogP contribution in [0.5, 0.6) is 0 Å². The first kappa shape index (κ1) is 20.1. The lowest BCUT2D eigenvalue weighted by molar-refractivity contribution is 0.102. The number of hydrogen-bond acceptors (Lipinski definition) is 4. The second-order valence-electron chi connectivity index (χ2n) is 6.55. The number of sulfonamides is 1. The summed E-state index contributed by atoms with van der Waals surface area (Å²) in [6.07, 6.45) is 0. The van der Waals surface area contributed by atoms with E-state index in [0.29, 0.717) is 16.7 Å². The molecule has 2 aromatic carbocycles. The molecular formula is C18H19ClN4O4S. The van der Waals surface area contributed by atoms with Crippen molar-refractivity contribution in [2.45, 2.75) is 24.8 Å². The van der Waals surface area contributed by atoms with E-state index >= 15 is 0 Å². The van der Waals surface area contributed by atoms with Gasteiger partial charge in [-0.1, -0.05) is 11.6 Å². The molecule has 148 valence electrons. The normalized spacial score (nSPS) is 12.1. The molecule has 0 atom stereocenters. The number of nitrogens with zero attached hydrogens (tertiary/aromatic N) is 1. The zero-order chi connectivity index (χ0) is 20.6. The minimum atomic E-state index is -3.76. The smallest absolute Gasteiger partial charge is 0.322 e. The molecule has 28 heavy (non-hydrogen) atoms. The Balaban J connectivity index is 1.93. The Morgan fingerprint density at radius 2 is 1.79 bits per heavy atom. The van der Waals surface area contributed by atoms with E-state index in [1.807, 2.05) is 0 Å². The predicted octanol–water partition coefficient (Wildman–Crippen LogP) is 2.79. The highest BCUT2D eigenvalue weighted by atomic mass is 35.5. The number of carbonyl (C=O) groups is 1. The molecule has 0 unspecified atom stereocenters. The number of imidazole rings is 1. The van der Waals surface area contributed by atoms with Crippen LogP contribution < -0.4 is 11.0 Å². The Labute approximate surface area is 166 Å². The summed E-state index contributed by atoms with van der Waals surface area (Å²) in [6.45, 7) is 3.51. The van der Waals surface area contributed by atoms with Crippen LogP contribution >= 0.6 is 11.6 Å². The summed E-state index contributed by atoms with van der Waals surface area (Å²) < 4.78 is 26.6. The van der Waals surface area contributed by atoms with Crippen LogP contribution in [0, 0.1) is 0 Å². The van der Waals surface area contributed by atoms with Gasteiger partial charge in [0, 0.05) is 18.8 Å². The summed E-state index contributed by atoms with van der Waals surface area (Å²) in [7, 11) is -2.29. The average Bonchev–Trinajstić information content (AvgIpc) is 3.00. The summed E-state index contributed by atoms with van der Waals surface area (Å²) in [4.78, 5) is 29.2. The molecule has 8 nitrogen and oxygen atoms in total. The van der Waals surface area contributed by atoms with Crippen molar-refractivity contribution in [3.63, 3.8) is 0 Å². The second-order valence-corrected chi connectivity index (χ2v) is 8.95. The number of amides is 1. The number of anilines is 1. The van der Waals surface area contributed by atoms with E-state index in [9.17, 15) is 18.0 Å². The van der Waals surface area contributed by atoms with Crippen molar-refractivity contribution in [2.75, 3.05) is 12.4 Å². The number of rotatable bonds is 5. The van der Waals surface area contributed by atoms with Gasteiger partial charge < -0.3 is 15.3 Å². The Kier molecular flexibility index (Phi) is 5.33. The predicted molar refractivity (Wildman–Crippen MR) is 108 cm³/mol. The van der Waals surface area contributed by atoms with Crippen molar-refractivity contribution < 1.29 is 13.2 Å². The fraction of sp³-hybridized carbons (Fsp3) is 0.222. The van der Waals surface area contributed by atoms with Crippen molar-refractivity contribution in [2.24, 2.45) is 0 Å². The third kappa shape index (κ3) is 3.82. The second kappa shape index (κ2) is 7.42.